The van der Waals surface area contributed by atoms with Gasteiger partial charge in [0.25, 0.3) is 0 Å². The van der Waals surface area contributed by atoms with Gasteiger partial charge in [0.2, 0.25) is 5.91 Å². The topological polar surface area (TPSA) is 104 Å². The molecule has 0 saturated carbocycles. The van der Waals surface area contributed by atoms with Gasteiger partial charge in [0.1, 0.15) is 5.75 Å². The van der Waals surface area contributed by atoms with Gasteiger partial charge in [-0.05, 0) is 24.1 Å². The van der Waals surface area contributed by atoms with Gasteiger partial charge in [-0.1, -0.05) is 36.4 Å². The number of carbonyl (C=O) groups is 2. The highest BCUT2D eigenvalue weighted by atomic mass is 16.5. The summed E-state index contributed by atoms with van der Waals surface area (Å²) in [6, 6.07) is 14.8. The summed E-state index contributed by atoms with van der Waals surface area (Å²) in [5.74, 6) is -1.33. The fourth-order valence-corrected chi connectivity index (χ4v) is 2.99. The van der Waals surface area contributed by atoms with Crippen LogP contribution < -0.4 is 10.1 Å². The van der Waals surface area contributed by atoms with Gasteiger partial charge in [-0.3, -0.25) is 14.7 Å². The number of rotatable bonds is 8. The van der Waals surface area contributed by atoms with Gasteiger partial charge >= 0.3 is 5.97 Å². The molecule has 3 aromatic rings. The van der Waals surface area contributed by atoms with Crippen LogP contribution in [0.5, 0.6) is 5.75 Å². The van der Waals surface area contributed by atoms with Gasteiger partial charge in [0.15, 0.2) is 0 Å². The first-order valence-electron chi connectivity index (χ1n) is 8.62. The van der Waals surface area contributed by atoms with E-state index in [1.807, 2.05) is 42.5 Å². The molecular weight excluding hydrogens is 346 g/mol. The third-order valence-electron chi connectivity index (χ3n) is 4.43. The van der Waals surface area contributed by atoms with Crippen LogP contribution in [0.4, 0.5) is 0 Å². The number of hydrogen-bond acceptors (Lipinski definition) is 4. The van der Waals surface area contributed by atoms with Crippen LogP contribution in [-0.4, -0.2) is 40.8 Å². The van der Waals surface area contributed by atoms with Crippen molar-refractivity contribution in [1.29, 1.82) is 0 Å². The Labute approximate surface area is 156 Å². The predicted octanol–water partition coefficient (Wildman–Crippen LogP) is 2.17. The maximum Gasteiger partial charge on any atom is 0.308 e. The summed E-state index contributed by atoms with van der Waals surface area (Å²) >= 11 is 0. The number of aliphatic carboxylic acids is 1. The number of aromatic amines is 1. The van der Waals surface area contributed by atoms with Crippen molar-refractivity contribution in [2.45, 2.75) is 12.8 Å². The Morgan fingerprint density at radius 3 is 2.70 bits per heavy atom. The number of carboxylic acid groups (broad SMARTS) is 1. The summed E-state index contributed by atoms with van der Waals surface area (Å²) in [5, 5.41) is 20.1. The molecule has 2 aromatic carbocycles. The molecule has 0 aliphatic carbocycles. The molecule has 3 rings (SSSR count). The summed E-state index contributed by atoms with van der Waals surface area (Å²) in [6.45, 7) is 0.0400. The summed E-state index contributed by atoms with van der Waals surface area (Å²) in [7, 11) is 1.55. The SMILES string of the molecule is COc1ccccc1CC(CNC(=O)Cc1[nH]nc2ccccc12)C(=O)O. The van der Waals surface area contributed by atoms with Gasteiger partial charge in [0.05, 0.1) is 30.7 Å². The van der Waals surface area contributed by atoms with E-state index in [4.69, 9.17) is 4.74 Å². The Balaban J connectivity index is 1.62. The number of carboxylic acids is 1. The van der Waals surface area contributed by atoms with E-state index in [-0.39, 0.29) is 25.3 Å². The van der Waals surface area contributed by atoms with Crippen LogP contribution in [0.25, 0.3) is 10.9 Å². The summed E-state index contributed by atoms with van der Waals surface area (Å²) < 4.78 is 5.27. The monoisotopic (exact) mass is 367 g/mol. The highest BCUT2D eigenvalue weighted by Gasteiger charge is 2.21. The van der Waals surface area contributed by atoms with E-state index >= 15 is 0 Å². The molecule has 0 radical (unpaired) electrons. The van der Waals surface area contributed by atoms with Crippen LogP contribution in [0.1, 0.15) is 11.3 Å². The molecule has 1 heterocycles. The van der Waals surface area contributed by atoms with Crippen LogP contribution >= 0.6 is 0 Å². The molecule has 140 valence electrons. The number of benzene rings is 2. The summed E-state index contributed by atoms with van der Waals surface area (Å²) in [5.41, 5.74) is 2.29. The zero-order valence-corrected chi connectivity index (χ0v) is 14.9. The lowest BCUT2D eigenvalue weighted by Gasteiger charge is -2.15. The van der Waals surface area contributed by atoms with Crippen LogP contribution in [0.2, 0.25) is 0 Å². The van der Waals surface area contributed by atoms with Crippen molar-refractivity contribution in [3.05, 3.63) is 59.8 Å². The van der Waals surface area contributed by atoms with E-state index < -0.39 is 11.9 Å². The van der Waals surface area contributed by atoms with E-state index in [2.05, 4.69) is 15.5 Å². The fourth-order valence-electron chi connectivity index (χ4n) is 2.99. The number of carbonyl (C=O) groups excluding carboxylic acids is 1. The van der Waals surface area contributed by atoms with Crippen molar-refractivity contribution in [3.63, 3.8) is 0 Å². The predicted molar refractivity (Wildman–Crippen MR) is 101 cm³/mol. The molecule has 0 aliphatic heterocycles. The van der Waals surface area contributed by atoms with Crippen molar-refractivity contribution < 1.29 is 19.4 Å². The smallest absolute Gasteiger partial charge is 0.308 e. The van der Waals surface area contributed by atoms with Gasteiger partial charge in [0, 0.05) is 11.9 Å². The van der Waals surface area contributed by atoms with Crippen molar-refractivity contribution >= 4 is 22.8 Å². The third kappa shape index (κ3) is 4.44. The van der Waals surface area contributed by atoms with Crippen LogP contribution in [0.15, 0.2) is 48.5 Å². The largest absolute Gasteiger partial charge is 0.496 e. The Kier molecular flexibility index (Phi) is 5.71. The van der Waals surface area contributed by atoms with Crippen molar-refractivity contribution in [2.24, 2.45) is 5.92 Å². The van der Waals surface area contributed by atoms with E-state index in [1.54, 1.807) is 13.2 Å². The maximum absolute atomic E-state index is 12.3. The summed E-state index contributed by atoms with van der Waals surface area (Å²) in [6.07, 6.45) is 0.383. The van der Waals surface area contributed by atoms with E-state index in [0.29, 0.717) is 11.4 Å². The number of nitrogens with one attached hydrogen (secondary N) is 2. The second-order valence-corrected chi connectivity index (χ2v) is 6.25. The van der Waals surface area contributed by atoms with Crippen molar-refractivity contribution in [2.75, 3.05) is 13.7 Å². The second kappa shape index (κ2) is 8.35. The van der Waals surface area contributed by atoms with Gasteiger partial charge in [-0.25, -0.2) is 0 Å². The van der Waals surface area contributed by atoms with Gasteiger partial charge in [-0.2, -0.15) is 5.10 Å². The Morgan fingerprint density at radius 1 is 1.19 bits per heavy atom. The van der Waals surface area contributed by atoms with Crippen LogP contribution in [0, 0.1) is 5.92 Å². The first-order valence-corrected chi connectivity index (χ1v) is 8.62. The number of fused-ring (bicyclic) bond motifs is 1. The number of amides is 1. The average molecular weight is 367 g/mol. The van der Waals surface area contributed by atoms with E-state index in [0.717, 1.165) is 16.5 Å². The highest BCUT2D eigenvalue weighted by molar-refractivity contribution is 5.87. The molecule has 0 saturated heterocycles. The average Bonchev–Trinajstić information content (AvgIpc) is 3.08. The molecule has 7 heteroatoms. The first kappa shape index (κ1) is 18.4. The highest BCUT2D eigenvalue weighted by Crippen LogP contribution is 2.21. The Bertz CT molecular complexity index is 951. The summed E-state index contributed by atoms with van der Waals surface area (Å²) in [4.78, 5) is 23.9. The number of methoxy groups -OCH3 is 1. The standard InChI is InChI=1S/C20H21N3O4/c1-27-18-9-5-2-6-13(18)10-14(20(25)26)12-21-19(24)11-17-15-7-3-4-8-16(15)22-23-17/h2-9,14H,10-12H2,1H3,(H,21,24)(H,22,23)(H,25,26). The van der Waals surface area contributed by atoms with E-state index in [9.17, 15) is 14.7 Å². The number of hydrogen-bond donors (Lipinski definition) is 3. The molecule has 1 unspecified atom stereocenters. The minimum Gasteiger partial charge on any atom is -0.496 e. The number of H-pyrrole nitrogens is 1. The Hall–Kier alpha value is -3.35. The molecule has 1 aromatic heterocycles. The molecule has 0 aliphatic rings. The molecule has 1 amide bonds. The van der Waals surface area contributed by atoms with Crippen LogP contribution in [0.3, 0.4) is 0 Å². The number of nitrogens with zero attached hydrogens (tertiary/aromatic N) is 1. The lowest BCUT2D eigenvalue weighted by molar-refractivity contribution is -0.141. The van der Waals surface area contributed by atoms with Gasteiger partial charge < -0.3 is 15.2 Å². The number of aromatic nitrogens is 2. The maximum atomic E-state index is 12.3. The minimum atomic E-state index is -0.965. The van der Waals surface area contributed by atoms with Crippen molar-refractivity contribution in [1.82, 2.24) is 15.5 Å². The quantitative estimate of drug-likeness (QED) is 0.566. The zero-order chi connectivity index (χ0) is 19.2. The normalized spacial score (nSPS) is 11.9. The molecule has 0 bridgehead atoms. The third-order valence-corrected chi connectivity index (χ3v) is 4.43. The molecule has 0 fully saturated rings. The molecule has 0 spiro atoms. The molecular formula is C20H21N3O4. The zero-order valence-electron chi connectivity index (χ0n) is 14.9. The molecule has 7 nitrogen and oxygen atoms in total. The molecule has 3 N–H and O–H groups in total. The molecule has 1 atom stereocenters. The lowest BCUT2D eigenvalue weighted by Crippen LogP contribution is -2.35. The lowest BCUT2D eigenvalue weighted by atomic mass is 9.98. The fraction of sp³-hybridized carbons (Fsp3) is 0.250. The van der Waals surface area contributed by atoms with Gasteiger partial charge in [-0.15, -0.1) is 0 Å². The number of ether oxygens (including phenoxy) is 1. The molecule has 27 heavy (non-hydrogen) atoms. The minimum absolute atomic E-state index is 0.0400. The van der Waals surface area contributed by atoms with Crippen molar-refractivity contribution in [3.8, 4) is 5.75 Å². The van der Waals surface area contributed by atoms with E-state index in [1.165, 1.54) is 0 Å². The second-order valence-electron chi connectivity index (χ2n) is 6.25. The number of para-hydroxylation sites is 2. The Morgan fingerprint density at radius 2 is 1.93 bits per heavy atom. The van der Waals surface area contributed by atoms with Crippen LogP contribution in [-0.2, 0) is 22.4 Å². The first-order chi connectivity index (χ1) is 13.1.